The van der Waals surface area contributed by atoms with E-state index in [0.29, 0.717) is 6.61 Å². The van der Waals surface area contributed by atoms with Crippen molar-refractivity contribution in [3.63, 3.8) is 0 Å². The van der Waals surface area contributed by atoms with Crippen LogP contribution in [0.15, 0.2) is 12.1 Å². The summed E-state index contributed by atoms with van der Waals surface area (Å²) < 4.78 is 18.0. The molecule has 0 aliphatic carbocycles. The number of nitrogens with one attached hydrogen (secondary N) is 1. The normalized spacial score (nSPS) is 21.6. The second-order valence-electron chi connectivity index (χ2n) is 8.45. The SMILES string of the molecule is CCNc1nc2cc(OCCCN3CCCC3)c(OC)cc2c2c1CC(C)OC2C. The first-order chi connectivity index (χ1) is 14.6. The van der Waals surface area contributed by atoms with Crippen molar-refractivity contribution in [1.29, 1.82) is 0 Å². The van der Waals surface area contributed by atoms with E-state index in [-0.39, 0.29) is 12.2 Å². The zero-order chi connectivity index (χ0) is 21.1. The van der Waals surface area contributed by atoms with Gasteiger partial charge in [-0.15, -0.1) is 0 Å². The molecule has 1 fully saturated rings. The zero-order valence-electron chi connectivity index (χ0n) is 18.8. The Morgan fingerprint density at radius 1 is 1.20 bits per heavy atom. The molecule has 1 saturated heterocycles. The van der Waals surface area contributed by atoms with E-state index in [1.807, 2.05) is 6.07 Å². The van der Waals surface area contributed by atoms with E-state index in [9.17, 15) is 0 Å². The lowest BCUT2D eigenvalue weighted by atomic mass is 9.92. The molecule has 1 N–H and O–H groups in total. The van der Waals surface area contributed by atoms with Crippen LogP contribution in [0.3, 0.4) is 0 Å². The van der Waals surface area contributed by atoms with Crippen molar-refractivity contribution < 1.29 is 14.2 Å². The highest BCUT2D eigenvalue weighted by atomic mass is 16.5. The molecule has 30 heavy (non-hydrogen) atoms. The average molecular weight is 414 g/mol. The van der Waals surface area contributed by atoms with Crippen LogP contribution in [-0.2, 0) is 11.2 Å². The summed E-state index contributed by atoms with van der Waals surface area (Å²) >= 11 is 0. The first-order valence-corrected chi connectivity index (χ1v) is 11.4. The van der Waals surface area contributed by atoms with E-state index in [0.717, 1.165) is 54.2 Å². The summed E-state index contributed by atoms with van der Waals surface area (Å²) in [5.41, 5.74) is 3.40. The fourth-order valence-electron chi connectivity index (χ4n) is 4.82. The highest BCUT2D eigenvalue weighted by Gasteiger charge is 2.28. The van der Waals surface area contributed by atoms with Gasteiger partial charge in [0.05, 0.1) is 31.4 Å². The number of hydrogen-bond acceptors (Lipinski definition) is 6. The molecular weight excluding hydrogens is 378 g/mol. The number of hydrogen-bond donors (Lipinski definition) is 1. The fraction of sp³-hybridized carbons (Fsp3) is 0.625. The molecule has 0 saturated carbocycles. The van der Waals surface area contributed by atoms with Crippen molar-refractivity contribution in [2.45, 2.75) is 58.7 Å². The molecule has 0 spiro atoms. The van der Waals surface area contributed by atoms with Crippen LogP contribution in [0.1, 0.15) is 57.3 Å². The lowest BCUT2D eigenvalue weighted by molar-refractivity contribution is -0.00363. The molecule has 0 radical (unpaired) electrons. The number of rotatable bonds is 8. The standard InChI is InChI=1S/C24H35N3O3/c1-5-25-24-19-13-16(2)30-17(3)23(19)18-14-21(28-4)22(15-20(18)26-24)29-12-8-11-27-9-6-7-10-27/h14-17H,5-13H2,1-4H3,(H,25,26). The van der Waals surface area contributed by atoms with Crippen LogP contribution in [0.2, 0.25) is 0 Å². The Morgan fingerprint density at radius 2 is 2.00 bits per heavy atom. The molecule has 2 aromatic rings. The summed E-state index contributed by atoms with van der Waals surface area (Å²) in [5.74, 6) is 2.49. The number of pyridine rings is 1. The number of nitrogens with zero attached hydrogens (tertiary/aromatic N) is 2. The molecule has 164 valence electrons. The number of benzene rings is 1. The summed E-state index contributed by atoms with van der Waals surface area (Å²) in [6.45, 7) is 11.4. The van der Waals surface area contributed by atoms with Gasteiger partial charge in [-0.1, -0.05) is 0 Å². The molecule has 3 heterocycles. The summed E-state index contributed by atoms with van der Waals surface area (Å²) in [7, 11) is 1.70. The highest BCUT2D eigenvalue weighted by molar-refractivity contribution is 5.89. The van der Waals surface area contributed by atoms with Gasteiger partial charge in [0.2, 0.25) is 0 Å². The molecule has 2 atom stereocenters. The van der Waals surface area contributed by atoms with Crippen LogP contribution < -0.4 is 14.8 Å². The maximum atomic E-state index is 6.15. The fourth-order valence-corrected chi connectivity index (χ4v) is 4.82. The molecule has 4 rings (SSSR count). The number of methoxy groups -OCH3 is 1. The smallest absolute Gasteiger partial charge is 0.163 e. The molecule has 6 nitrogen and oxygen atoms in total. The molecule has 2 aliphatic heterocycles. The third-order valence-corrected chi connectivity index (χ3v) is 6.17. The van der Waals surface area contributed by atoms with Gasteiger partial charge in [0.15, 0.2) is 11.5 Å². The van der Waals surface area contributed by atoms with Gasteiger partial charge in [0.1, 0.15) is 5.82 Å². The Kier molecular flexibility index (Phi) is 6.64. The van der Waals surface area contributed by atoms with Crippen LogP contribution in [0.25, 0.3) is 10.9 Å². The topological polar surface area (TPSA) is 55.9 Å². The predicted molar refractivity (Wildman–Crippen MR) is 121 cm³/mol. The van der Waals surface area contributed by atoms with Crippen LogP contribution >= 0.6 is 0 Å². The largest absolute Gasteiger partial charge is 0.493 e. The van der Waals surface area contributed by atoms with Crippen LogP contribution in [0, 0.1) is 0 Å². The Bertz CT molecular complexity index is 880. The highest BCUT2D eigenvalue weighted by Crippen LogP contribution is 2.42. The lowest BCUT2D eigenvalue weighted by Gasteiger charge is -2.31. The Balaban J connectivity index is 1.63. The van der Waals surface area contributed by atoms with E-state index in [2.05, 4.69) is 37.1 Å². The van der Waals surface area contributed by atoms with Gasteiger partial charge in [0.25, 0.3) is 0 Å². The Labute approximate surface area is 179 Å². The molecule has 0 bridgehead atoms. The number of ether oxygens (including phenoxy) is 3. The minimum atomic E-state index is 0.0172. The van der Waals surface area contributed by atoms with E-state index in [1.54, 1.807) is 7.11 Å². The molecular formula is C24H35N3O3. The van der Waals surface area contributed by atoms with Gasteiger partial charge in [0, 0.05) is 36.5 Å². The summed E-state index contributed by atoms with van der Waals surface area (Å²) in [4.78, 5) is 7.48. The average Bonchev–Trinajstić information content (AvgIpc) is 3.24. The molecule has 0 amide bonds. The zero-order valence-corrected chi connectivity index (χ0v) is 18.8. The number of anilines is 1. The van der Waals surface area contributed by atoms with Crippen molar-refractivity contribution in [2.75, 3.05) is 45.2 Å². The third-order valence-electron chi connectivity index (χ3n) is 6.17. The second-order valence-corrected chi connectivity index (χ2v) is 8.45. The van der Waals surface area contributed by atoms with Crippen molar-refractivity contribution in [1.82, 2.24) is 9.88 Å². The summed E-state index contributed by atoms with van der Waals surface area (Å²) in [5, 5.41) is 4.55. The van der Waals surface area contributed by atoms with Crippen molar-refractivity contribution in [2.24, 2.45) is 0 Å². The van der Waals surface area contributed by atoms with Gasteiger partial charge in [-0.25, -0.2) is 4.98 Å². The predicted octanol–water partition coefficient (Wildman–Crippen LogP) is 4.56. The maximum absolute atomic E-state index is 6.15. The summed E-state index contributed by atoms with van der Waals surface area (Å²) in [6, 6.07) is 4.10. The number of aromatic nitrogens is 1. The van der Waals surface area contributed by atoms with E-state index < -0.39 is 0 Å². The quantitative estimate of drug-likeness (QED) is 0.640. The van der Waals surface area contributed by atoms with Gasteiger partial charge in [-0.05, 0) is 64.8 Å². The van der Waals surface area contributed by atoms with E-state index in [1.165, 1.54) is 37.1 Å². The van der Waals surface area contributed by atoms with E-state index in [4.69, 9.17) is 19.2 Å². The first-order valence-electron chi connectivity index (χ1n) is 11.4. The van der Waals surface area contributed by atoms with Gasteiger partial charge >= 0.3 is 0 Å². The van der Waals surface area contributed by atoms with Crippen LogP contribution in [0.4, 0.5) is 5.82 Å². The summed E-state index contributed by atoms with van der Waals surface area (Å²) in [6.07, 6.45) is 4.73. The monoisotopic (exact) mass is 413 g/mol. The van der Waals surface area contributed by atoms with Gasteiger partial charge in [-0.3, -0.25) is 0 Å². The molecule has 1 aromatic heterocycles. The lowest BCUT2D eigenvalue weighted by Crippen LogP contribution is -2.24. The molecule has 6 heteroatoms. The Morgan fingerprint density at radius 3 is 2.73 bits per heavy atom. The van der Waals surface area contributed by atoms with Crippen molar-refractivity contribution >= 4 is 16.7 Å². The molecule has 2 unspecified atom stereocenters. The van der Waals surface area contributed by atoms with Crippen LogP contribution in [-0.4, -0.2) is 55.9 Å². The first kappa shape index (κ1) is 21.2. The van der Waals surface area contributed by atoms with Gasteiger partial charge < -0.3 is 24.4 Å². The van der Waals surface area contributed by atoms with E-state index >= 15 is 0 Å². The van der Waals surface area contributed by atoms with Crippen molar-refractivity contribution in [3.8, 4) is 11.5 Å². The third kappa shape index (κ3) is 4.35. The minimum absolute atomic E-state index is 0.0172. The number of fused-ring (bicyclic) bond motifs is 3. The maximum Gasteiger partial charge on any atom is 0.163 e. The van der Waals surface area contributed by atoms with Crippen molar-refractivity contribution in [3.05, 3.63) is 23.3 Å². The Hall–Kier alpha value is -2.05. The molecule has 2 aliphatic rings. The van der Waals surface area contributed by atoms with Crippen LogP contribution in [0.5, 0.6) is 11.5 Å². The van der Waals surface area contributed by atoms with Gasteiger partial charge in [-0.2, -0.15) is 0 Å². The second kappa shape index (κ2) is 9.40. The number of likely N-dealkylation sites (tertiary alicyclic amines) is 1. The minimum Gasteiger partial charge on any atom is -0.493 e. The molecule has 1 aromatic carbocycles.